The van der Waals surface area contributed by atoms with Gasteiger partial charge in [-0.3, -0.25) is 0 Å². The fraction of sp³-hybridized carbons (Fsp3) is 0. The smallest absolute Gasteiger partial charge is 0.204 e. The molecule has 21 heavy (non-hydrogen) atoms. The first-order chi connectivity index (χ1) is 10.4. The standard InChI is InChI=1S/C14H9N5O2/c1-2-10-8-20-17-13(10)12(3-1)21-11-6-4-9(5-7-11)14-15-18-19-16-14/h1-8H,(H,15,16,18,19). The fourth-order valence-electron chi connectivity index (χ4n) is 2.03. The first kappa shape index (κ1) is 11.6. The average molecular weight is 279 g/mol. The predicted octanol–water partition coefficient (Wildman–Crippen LogP) is 2.80. The number of aromatic nitrogens is 5. The van der Waals surface area contributed by atoms with Gasteiger partial charge in [-0.25, -0.2) is 0 Å². The summed E-state index contributed by atoms with van der Waals surface area (Å²) in [5.41, 5.74) is 1.55. The molecule has 0 saturated heterocycles. The first-order valence-electron chi connectivity index (χ1n) is 6.25. The number of nitrogens with zero attached hydrogens (tertiary/aromatic N) is 4. The lowest BCUT2D eigenvalue weighted by molar-refractivity contribution is 0.423. The molecule has 4 rings (SSSR count). The fourth-order valence-corrected chi connectivity index (χ4v) is 2.03. The number of nitrogens with one attached hydrogen (secondary N) is 1. The van der Waals surface area contributed by atoms with E-state index in [1.54, 1.807) is 6.26 Å². The van der Waals surface area contributed by atoms with E-state index in [-0.39, 0.29) is 0 Å². The van der Waals surface area contributed by atoms with Gasteiger partial charge in [-0.05, 0) is 41.6 Å². The molecule has 7 nitrogen and oxygen atoms in total. The molecule has 4 aromatic rings. The lowest BCUT2D eigenvalue weighted by Gasteiger charge is -2.06. The third kappa shape index (κ3) is 2.10. The van der Waals surface area contributed by atoms with Crippen molar-refractivity contribution in [2.45, 2.75) is 0 Å². The number of hydrogen-bond donors (Lipinski definition) is 1. The molecule has 0 atom stereocenters. The highest BCUT2D eigenvalue weighted by atomic mass is 16.5. The van der Waals surface area contributed by atoms with Crippen molar-refractivity contribution < 1.29 is 9.26 Å². The van der Waals surface area contributed by atoms with Crippen molar-refractivity contribution in [1.29, 1.82) is 0 Å². The van der Waals surface area contributed by atoms with Crippen LogP contribution in [-0.4, -0.2) is 25.8 Å². The lowest BCUT2D eigenvalue weighted by atomic mass is 10.2. The molecule has 0 amide bonds. The van der Waals surface area contributed by atoms with Crippen molar-refractivity contribution in [2.24, 2.45) is 0 Å². The number of ether oxygens (including phenoxy) is 1. The quantitative estimate of drug-likeness (QED) is 0.620. The van der Waals surface area contributed by atoms with Crippen molar-refractivity contribution in [3.8, 4) is 22.9 Å². The minimum absolute atomic E-state index is 0.542. The zero-order valence-electron chi connectivity index (χ0n) is 10.7. The summed E-state index contributed by atoms with van der Waals surface area (Å²) in [5.74, 6) is 1.88. The molecule has 2 aromatic carbocycles. The summed E-state index contributed by atoms with van der Waals surface area (Å²) >= 11 is 0. The van der Waals surface area contributed by atoms with Crippen LogP contribution in [-0.2, 0) is 0 Å². The average Bonchev–Trinajstić information content (AvgIpc) is 3.20. The lowest BCUT2D eigenvalue weighted by Crippen LogP contribution is -1.86. The van der Waals surface area contributed by atoms with Gasteiger partial charge in [-0.1, -0.05) is 11.2 Å². The maximum absolute atomic E-state index is 5.84. The van der Waals surface area contributed by atoms with E-state index in [1.807, 2.05) is 42.5 Å². The molecule has 7 heteroatoms. The van der Waals surface area contributed by atoms with E-state index in [9.17, 15) is 0 Å². The molecule has 0 aliphatic rings. The Morgan fingerprint density at radius 1 is 1.05 bits per heavy atom. The Kier molecular flexibility index (Phi) is 2.60. The zero-order valence-corrected chi connectivity index (χ0v) is 10.7. The Morgan fingerprint density at radius 2 is 1.95 bits per heavy atom. The van der Waals surface area contributed by atoms with Crippen molar-refractivity contribution >= 4 is 10.9 Å². The van der Waals surface area contributed by atoms with Gasteiger partial charge in [-0.2, -0.15) is 5.21 Å². The number of hydrogen-bond acceptors (Lipinski definition) is 6. The Bertz CT molecular complexity index is 868. The first-order valence-corrected chi connectivity index (χ1v) is 6.25. The monoisotopic (exact) mass is 279 g/mol. The normalized spacial score (nSPS) is 10.9. The summed E-state index contributed by atoms with van der Waals surface area (Å²) in [6.07, 6.45) is 1.58. The number of aromatic amines is 1. The second-order valence-electron chi connectivity index (χ2n) is 4.37. The summed E-state index contributed by atoms with van der Waals surface area (Å²) in [6, 6.07) is 13.1. The van der Waals surface area contributed by atoms with Crippen molar-refractivity contribution in [3.05, 3.63) is 48.7 Å². The SMILES string of the molecule is c1cc(Oc2ccc(-c3nn[nH]n3)cc2)c2nocc2c1. The van der Waals surface area contributed by atoms with Gasteiger partial charge in [0, 0.05) is 10.9 Å². The topological polar surface area (TPSA) is 89.7 Å². The second-order valence-corrected chi connectivity index (χ2v) is 4.37. The highest BCUT2D eigenvalue weighted by molar-refractivity contribution is 5.83. The van der Waals surface area contributed by atoms with Gasteiger partial charge in [0.05, 0.1) is 0 Å². The van der Waals surface area contributed by atoms with Crippen LogP contribution in [0.1, 0.15) is 0 Å². The number of rotatable bonds is 3. The highest BCUT2D eigenvalue weighted by Gasteiger charge is 2.08. The van der Waals surface area contributed by atoms with E-state index in [2.05, 4.69) is 25.8 Å². The van der Waals surface area contributed by atoms with Crippen LogP contribution in [0.3, 0.4) is 0 Å². The second kappa shape index (κ2) is 4.71. The molecule has 0 aliphatic heterocycles. The van der Waals surface area contributed by atoms with Crippen LogP contribution in [0, 0.1) is 0 Å². The van der Waals surface area contributed by atoms with E-state index >= 15 is 0 Å². The minimum Gasteiger partial charge on any atom is -0.455 e. The maximum atomic E-state index is 5.84. The Morgan fingerprint density at radius 3 is 2.76 bits per heavy atom. The van der Waals surface area contributed by atoms with Crippen LogP contribution < -0.4 is 4.74 Å². The molecule has 0 bridgehead atoms. The van der Waals surface area contributed by atoms with Gasteiger partial charge in [0.15, 0.2) is 11.3 Å². The van der Waals surface area contributed by atoms with Crippen LogP contribution in [0.15, 0.2) is 53.3 Å². The third-order valence-electron chi connectivity index (χ3n) is 3.04. The molecule has 2 heterocycles. The minimum atomic E-state index is 0.542. The van der Waals surface area contributed by atoms with Crippen LogP contribution >= 0.6 is 0 Å². The Balaban J connectivity index is 1.64. The molecule has 0 unspecified atom stereocenters. The van der Waals surface area contributed by atoms with Crippen molar-refractivity contribution in [1.82, 2.24) is 25.8 Å². The molecule has 0 fully saturated rings. The molecule has 0 aliphatic carbocycles. The van der Waals surface area contributed by atoms with E-state index < -0.39 is 0 Å². The Hall–Kier alpha value is -3.22. The molecule has 1 N–H and O–H groups in total. The summed E-state index contributed by atoms with van der Waals surface area (Å²) in [4.78, 5) is 0. The van der Waals surface area contributed by atoms with E-state index in [0.717, 1.165) is 10.9 Å². The molecule has 0 spiro atoms. The van der Waals surface area contributed by atoms with E-state index in [0.29, 0.717) is 22.8 Å². The molecular weight excluding hydrogens is 270 g/mol. The molecule has 102 valence electrons. The van der Waals surface area contributed by atoms with Gasteiger partial charge in [0.25, 0.3) is 0 Å². The van der Waals surface area contributed by atoms with Gasteiger partial charge < -0.3 is 9.26 Å². The predicted molar refractivity (Wildman–Crippen MR) is 73.7 cm³/mol. The summed E-state index contributed by atoms with van der Waals surface area (Å²) < 4.78 is 10.8. The number of H-pyrrole nitrogens is 1. The van der Waals surface area contributed by atoms with Crippen molar-refractivity contribution in [2.75, 3.05) is 0 Å². The van der Waals surface area contributed by atoms with E-state index in [1.165, 1.54) is 0 Å². The molecular formula is C14H9N5O2. The van der Waals surface area contributed by atoms with Crippen molar-refractivity contribution in [3.63, 3.8) is 0 Å². The number of benzene rings is 2. The van der Waals surface area contributed by atoms with Crippen LogP contribution in [0.5, 0.6) is 11.5 Å². The number of fused-ring (bicyclic) bond motifs is 1. The van der Waals surface area contributed by atoms with Crippen LogP contribution in [0.25, 0.3) is 22.3 Å². The highest BCUT2D eigenvalue weighted by Crippen LogP contribution is 2.29. The molecule has 0 saturated carbocycles. The largest absolute Gasteiger partial charge is 0.455 e. The van der Waals surface area contributed by atoms with Gasteiger partial charge in [0.1, 0.15) is 12.0 Å². The van der Waals surface area contributed by atoms with Gasteiger partial charge in [-0.15, -0.1) is 10.2 Å². The Labute approximate surface area is 118 Å². The summed E-state index contributed by atoms with van der Waals surface area (Å²) in [5, 5.41) is 18.6. The third-order valence-corrected chi connectivity index (χ3v) is 3.04. The molecule has 0 radical (unpaired) electrons. The maximum Gasteiger partial charge on any atom is 0.204 e. The van der Waals surface area contributed by atoms with Gasteiger partial charge >= 0.3 is 0 Å². The number of tetrazole rings is 1. The summed E-state index contributed by atoms with van der Waals surface area (Å²) in [7, 11) is 0. The molecule has 2 aromatic heterocycles. The van der Waals surface area contributed by atoms with Crippen LogP contribution in [0.4, 0.5) is 0 Å². The summed E-state index contributed by atoms with van der Waals surface area (Å²) in [6.45, 7) is 0. The zero-order chi connectivity index (χ0) is 14.1. The van der Waals surface area contributed by atoms with Crippen LogP contribution in [0.2, 0.25) is 0 Å². The van der Waals surface area contributed by atoms with E-state index in [4.69, 9.17) is 9.26 Å². The van der Waals surface area contributed by atoms with Gasteiger partial charge in [0.2, 0.25) is 5.82 Å².